The Balaban J connectivity index is 1.77. The van der Waals surface area contributed by atoms with Crippen LogP contribution in [-0.4, -0.2) is 25.9 Å². The first-order valence-electron chi connectivity index (χ1n) is 7.13. The molecule has 2 heteroatoms. The van der Waals surface area contributed by atoms with Crippen LogP contribution in [0, 0.1) is 0 Å². The molecule has 0 aromatic carbocycles. The topological polar surface area (TPSA) is 18.5 Å². The van der Waals surface area contributed by atoms with Gasteiger partial charge in [0.05, 0.1) is 19.3 Å². The lowest BCUT2D eigenvalue weighted by molar-refractivity contribution is -0.0106. The molecule has 0 bridgehead atoms. The number of ether oxygens (including phenoxy) is 2. The quantitative estimate of drug-likeness (QED) is 0.557. The molecule has 96 valence electrons. The van der Waals surface area contributed by atoms with Crippen molar-refractivity contribution in [3.63, 3.8) is 0 Å². The summed E-state index contributed by atoms with van der Waals surface area (Å²) in [5, 5.41) is 0. The van der Waals surface area contributed by atoms with Crippen LogP contribution in [-0.2, 0) is 9.47 Å². The van der Waals surface area contributed by atoms with Gasteiger partial charge in [0.25, 0.3) is 0 Å². The number of unbranched alkanes of at least 4 members (excludes halogenated alkanes) is 3. The van der Waals surface area contributed by atoms with E-state index in [1.165, 1.54) is 57.8 Å². The average Bonchev–Trinajstić information content (AvgIpc) is 2.34. The van der Waals surface area contributed by atoms with Crippen LogP contribution in [0.15, 0.2) is 0 Å². The summed E-state index contributed by atoms with van der Waals surface area (Å²) >= 11 is 0. The Morgan fingerprint density at radius 3 is 2.44 bits per heavy atom. The molecule has 0 heterocycles. The first kappa shape index (κ1) is 14.0. The summed E-state index contributed by atoms with van der Waals surface area (Å²) in [6, 6.07) is 0. The van der Waals surface area contributed by atoms with Crippen LogP contribution in [0.1, 0.15) is 64.7 Å². The van der Waals surface area contributed by atoms with Crippen LogP contribution < -0.4 is 0 Å². The lowest BCUT2D eigenvalue weighted by Gasteiger charge is -2.21. The molecule has 1 rings (SSSR count). The van der Waals surface area contributed by atoms with Gasteiger partial charge in [0.1, 0.15) is 0 Å². The van der Waals surface area contributed by atoms with Crippen LogP contribution in [0.5, 0.6) is 0 Å². The molecule has 0 amide bonds. The van der Waals surface area contributed by atoms with Crippen molar-refractivity contribution in [2.45, 2.75) is 70.8 Å². The van der Waals surface area contributed by atoms with E-state index in [4.69, 9.17) is 9.47 Å². The lowest BCUT2D eigenvalue weighted by Crippen LogP contribution is -2.19. The highest BCUT2D eigenvalue weighted by molar-refractivity contribution is 4.64. The predicted octanol–water partition coefficient (Wildman–Crippen LogP) is 3.93. The maximum absolute atomic E-state index is 5.79. The van der Waals surface area contributed by atoms with Gasteiger partial charge in [-0.25, -0.2) is 0 Å². The minimum atomic E-state index is 0.525. The molecule has 1 aliphatic carbocycles. The van der Waals surface area contributed by atoms with E-state index in [1.807, 2.05) is 0 Å². The van der Waals surface area contributed by atoms with E-state index < -0.39 is 0 Å². The zero-order valence-corrected chi connectivity index (χ0v) is 10.9. The van der Waals surface area contributed by atoms with Gasteiger partial charge in [-0.15, -0.1) is 0 Å². The first-order chi connectivity index (χ1) is 7.93. The van der Waals surface area contributed by atoms with E-state index in [0.29, 0.717) is 6.10 Å². The lowest BCUT2D eigenvalue weighted by atomic mass is 9.98. The third-order valence-corrected chi connectivity index (χ3v) is 3.28. The second-order valence-electron chi connectivity index (χ2n) is 4.80. The van der Waals surface area contributed by atoms with E-state index in [0.717, 1.165) is 19.8 Å². The molecule has 0 radical (unpaired) electrons. The zero-order valence-electron chi connectivity index (χ0n) is 10.9. The van der Waals surface area contributed by atoms with Crippen LogP contribution in [0.3, 0.4) is 0 Å². The van der Waals surface area contributed by atoms with Gasteiger partial charge in [-0.3, -0.25) is 0 Å². The second kappa shape index (κ2) is 10.1. The van der Waals surface area contributed by atoms with Gasteiger partial charge in [-0.05, 0) is 19.3 Å². The molecule has 0 atom stereocenters. The normalized spacial score (nSPS) is 17.8. The summed E-state index contributed by atoms with van der Waals surface area (Å²) in [5.41, 5.74) is 0. The van der Waals surface area contributed by atoms with Gasteiger partial charge in [0, 0.05) is 6.61 Å². The SMILES string of the molecule is CCCCCCOCCOC1CCCCC1. The molecule has 0 saturated heterocycles. The van der Waals surface area contributed by atoms with E-state index >= 15 is 0 Å². The van der Waals surface area contributed by atoms with Crippen molar-refractivity contribution in [1.82, 2.24) is 0 Å². The zero-order chi connectivity index (χ0) is 11.5. The van der Waals surface area contributed by atoms with Crippen LogP contribution in [0.4, 0.5) is 0 Å². The third kappa shape index (κ3) is 7.24. The maximum Gasteiger partial charge on any atom is 0.0704 e. The summed E-state index contributed by atoms with van der Waals surface area (Å²) in [5.74, 6) is 0. The molecule has 1 aliphatic rings. The van der Waals surface area contributed by atoms with Crippen LogP contribution in [0.25, 0.3) is 0 Å². The number of hydrogen-bond acceptors (Lipinski definition) is 2. The Labute approximate surface area is 101 Å². The van der Waals surface area contributed by atoms with E-state index in [-0.39, 0.29) is 0 Å². The summed E-state index contributed by atoms with van der Waals surface area (Å²) in [7, 11) is 0. The number of rotatable bonds is 9. The highest BCUT2D eigenvalue weighted by Gasteiger charge is 2.12. The summed E-state index contributed by atoms with van der Waals surface area (Å²) in [6.07, 6.45) is 12.3. The Morgan fingerprint density at radius 1 is 0.875 bits per heavy atom. The number of hydrogen-bond donors (Lipinski definition) is 0. The van der Waals surface area contributed by atoms with Crippen molar-refractivity contribution in [2.75, 3.05) is 19.8 Å². The molecule has 0 aromatic rings. The fourth-order valence-electron chi connectivity index (χ4n) is 2.24. The van der Waals surface area contributed by atoms with E-state index in [2.05, 4.69) is 6.92 Å². The summed E-state index contributed by atoms with van der Waals surface area (Å²) < 4.78 is 11.3. The molecule has 0 aliphatic heterocycles. The molecule has 1 saturated carbocycles. The highest BCUT2D eigenvalue weighted by Crippen LogP contribution is 2.19. The molecular formula is C14H28O2. The van der Waals surface area contributed by atoms with Crippen molar-refractivity contribution < 1.29 is 9.47 Å². The van der Waals surface area contributed by atoms with Crippen molar-refractivity contribution in [3.05, 3.63) is 0 Å². The molecule has 0 unspecified atom stereocenters. The minimum absolute atomic E-state index is 0.525. The molecule has 0 aromatic heterocycles. The van der Waals surface area contributed by atoms with Crippen molar-refractivity contribution in [3.8, 4) is 0 Å². The monoisotopic (exact) mass is 228 g/mol. The third-order valence-electron chi connectivity index (χ3n) is 3.28. The van der Waals surface area contributed by atoms with Crippen LogP contribution in [0.2, 0.25) is 0 Å². The largest absolute Gasteiger partial charge is 0.379 e. The Bertz CT molecular complexity index is 142. The van der Waals surface area contributed by atoms with E-state index in [1.54, 1.807) is 0 Å². The van der Waals surface area contributed by atoms with Crippen molar-refractivity contribution >= 4 is 0 Å². The van der Waals surface area contributed by atoms with Gasteiger partial charge in [-0.2, -0.15) is 0 Å². The molecule has 1 fully saturated rings. The molecule has 0 N–H and O–H groups in total. The van der Waals surface area contributed by atoms with Gasteiger partial charge in [-0.1, -0.05) is 45.4 Å². The Kier molecular flexibility index (Phi) is 8.83. The standard InChI is InChI=1S/C14H28O2/c1-2-3-4-8-11-15-12-13-16-14-9-6-5-7-10-14/h14H,2-13H2,1H3. The van der Waals surface area contributed by atoms with Crippen molar-refractivity contribution in [2.24, 2.45) is 0 Å². The predicted molar refractivity (Wildman–Crippen MR) is 67.8 cm³/mol. The van der Waals surface area contributed by atoms with Crippen LogP contribution >= 0.6 is 0 Å². The highest BCUT2D eigenvalue weighted by atomic mass is 16.5. The summed E-state index contributed by atoms with van der Waals surface area (Å²) in [6.45, 7) is 4.72. The minimum Gasteiger partial charge on any atom is -0.379 e. The molecule has 16 heavy (non-hydrogen) atoms. The molecule has 0 spiro atoms. The maximum atomic E-state index is 5.79. The molecule has 2 nitrogen and oxygen atoms in total. The van der Waals surface area contributed by atoms with Gasteiger partial charge < -0.3 is 9.47 Å². The molecular weight excluding hydrogens is 200 g/mol. The Morgan fingerprint density at radius 2 is 1.69 bits per heavy atom. The average molecular weight is 228 g/mol. The fourth-order valence-corrected chi connectivity index (χ4v) is 2.24. The smallest absolute Gasteiger partial charge is 0.0704 e. The Hall–Kier alpha value is -0.0800. The fraction of sp³-hybridized carbons (Fsp3) is 1.00. The van der Waals surface area contributed by atoms with Crippen molar-refractivity contribution in [1.29, 1.82) is 0 Å². The van der Waals surface area contributed by atoms with Gasteiger partial charge in [0.15, 0.2) is 0 Å². The van der Waals surface area contributed by atoms with Gasteiger partial charge >= 0.3 is 0 Å². The second-order valence-corrected chi connectivity index (χ2v) is 4.80. The van der Waals surface area contributed by atoms with Gasteiger partial charge in [0.2, 0.25) is 0 Å². The first-order valence-corrected chi connectivity index (χ1v) is 7.13. The van der Waals surface area contributed by atoms with E-state index in [9.17, 15) is 0 Å². The summed E-state index contributed by atoms with van der Waals surface area (Å²) in [4.78, 5) is 0.